The van der Waals surface area contributed by atoms with Crippen molar-refractivity contribution in [1.82, 2.24) is 25.3 Å². The number of halogens is 1. The fourth-order valence-corrected chi connectivity index (χ4v) is 4.60. The topological polar surface area (TPSA) is 106 Å². The van der Waals surface area contributed by atoms with Gasteiger partial charge in [0.25, 0.3) is 11.8 Å². The lowest BCUT2D eigenvalue weighted by Gasteiger charge is -2.32. The van der Waals surface area contributed by atoms with Crippen LogP contribution in [0.4, 0.5) is 10.2 Å². The lowest BCUT2D eigenvalue weighted by atomic mass is 9.93. The van der Waals surface area contributed by atoms with Crippen LogP contribution in [-0.4, -0.2) is 65.0 Å². The number of nitrogens with zero attached hydrogens (tertiary/aromatic N) is 3. The number of amides is 2. The van der Waals surface area contributed by atoms with Gasteiger partial charge in [-0.25, -0.2) is 4.39 Å². The molecule has 198 valence electrons. The first-order chi connectivity index (χ1) is 18.2. The maximum atomic E-state index is 14.3. The van der Waals surface area contributed by atoms with E-state index >= 15 is 0 Å². The number of carbonyl (C=O) groups is 2. The molecule has 0 atom stereocenters. The Bertz CT molecular complexity index is 1450. The van der Waals surface area contributed by atoms with Crippen molar-refractivity contribution < 1.29 is 18.4 Å². The zero-order valence-corrected chi connectivity index (χ0v) is 21.7. The fraction of sp³-hybridized carbons (Fsp3) is 0.321. The molecule has 0 aliphatic carbocycles. The van der Waals surface area contributed by atoms with Crippen molar-refractivity contribution >= 4 is 28.7 Å². The van der Waals surface area contributed by atoms with Crippen molar-refractivity contribution in [2.45, 2.75) is 25.9 Å². The van der Waals surface area contributed by atoms with E-state index in [0.29, 0.717) is 16.6 Å². The molecule has 10 heteroatoms. The summed E-state index contributed by atoms with van der Waals surface area (Å²) in [5.74, 6) is -1.07. The van der Waals surface area contributed by atoms with E-state index in [9.17, 15) is 14.0 Å². The zero-order chi connectivity index (χ0) is 26.9. The van der Waals surface area contributed by atoms with Crippen LogP contribution in [0.2, 0.25) is 0 Å². The van der Waals surface area contributed by atoms with Gasteiger partial charge >= 0.3 is 0 Å². The summed E-state index contributed by atoms with van der Waals surface area (Å²) in [5, 5.41) is 12.4. The number of furan rings is 1. The van der Waals surface area contributed by atoms with Crippen molar-refractivity contribution in [1.29, 1.82) is 0 Å². The Labute approximate surface area is 220 Å². The van der Waals surface area contributed by atoms with Crippen molar-refractivity contribution in [2.75, 3.05) is 38.5 Å². The molecule has 1 fully saturated rings. The number of hydrogen-bond acceptors (Lipinski definition) is 6. The number of aromatic nitrogens is 2. The number of aromatic amines is 1. The molecule has 3 heterocycles. The summed E-state index contributed by atoms with van der Waals surface area (Å²) >= 11 is 0. The number of hydrogen-bond donors (Lipinski definition) is 3. The molecule has 2 aromatic carbocycles. The smallest absolute Gasteiger partial charge is 0.287 e. The van der Waals surface area contributed by atoms with Gasteiger partial charge in [-0.15, -0.1) is 0 Å². The highest BCUT2D eigenvalue weighted by Crippen LogP contribution is 2.27. The first kappa shape index (κ1) is 25.6. The number of piperazine rings is 1. The van der Waals surface area contributed by atoms with E-state index in [1.807, 2.05) is 12.1 Å². The molecule has 3 N–H and O–H groups in total. The second-order valence-corrected chi connectivity index (χ2v) is 10.2. The number of nitrogens with one attached hydrogen (secondary N) is 3. The molecule has 0 saturated carbocycles. The highest BCUT2D eigenvalue weighted by Gasteiger charge is 2.28. The van der Waals surface area contributed by atoms with Crippen LogP contribution >= 0.6 is 0 Å². The van der Waals surface area contributed by atoms with Gasteiger partial charge in [-0.05, 0) is 44.7 Å². The van der Waals surface area contributed by atoms with Crippen LogP contribution in [0.15, 0.2) is 59.0 Å². The minimum atomic E-state index is -0.977. The molecule has 4 aromatic rings. The molecule has 2 aromatic heterocycles. The summed E-state index contributed by atoms with van der Waals surface area (Å²) in [5.41, 5.74) is 1.72. The molecule has 2 amide bonds. The van der Waals surface area contributed by atoms with E-state index < -0.39 is 17.3 Å². The number of likely N-dealkylation sites (N-methyl/N-ethyl adjacent to an activating group) is 1. The molecular formula is C28H31FN6O3. The van der Waals surface area contributed by atoms with E-state index in [-0.39, 0.29) is 23.1 Å². The van der Waals surface area contributed by atoms with E-state index in [2.05, 4.69) is 37.7 Å². The quantitative estimate of drug-likeness (QED) is 0.342. The van der Waals surface area contributed by atoms with Crippen molar-refractivity contribution in [3.05, 3.63) is 82.9 Å². The summed E-state index contributed by atoms with van der Waals surface area (Å²) in [6, 6.07) is 15.3. The Morgan fingerprint density at radius 3 is 2.47 bits per heavy atom. The second kappa shape index (κ2) is 10.4. The molecule has 5 rings (SSSR count). The van der Waals surface area contributed by atoms with Crippen LogP contribution < -0.4 is 10.6 Å². The predicted octanol–water partition coefficient (Wildman–Crippen LogP) is 3.96. The fourth-order valence-electron chi connectivity index (χ4n) is 4.60. The van der Waals surface area contributed by atoms with Crippen LogP contribution in [0.5, 0.6) is 0 Å². The van der Waals surface area contributed by atoms with Gasteiger partial charge in [-0.3, -0.25) is 19.6 Å². The number of fused-ring (bicyclic) bond motifs is 1. The third-order valence-electron chi connectivity index (χ3n) is 6.88. The van der Waals surface area contributed by atoms with Crippen molar-refractivity contribution in [2.24, 2.45) is 0 Å². The largest absolute Gasteiger partial charge is 0.445 e. The highest BCUT2D eigenvalue weighted by atomic mass is 19.1. The molecule has 38 heavy (non-hydrogen) atoms. The van der Waals surface area contributed by atoms with Crippen LogP contribution in [0.1, 0.15) is 45.9 Å². The average Bonchev–Trinajstić information content (AvgIpc) is 3.48. The highest BCUT2D eigenvalue weighted by molar-refractivity contribution is 6.07. The van der Waals surface area contributed by atoms with Gasteiger partial charge in [0.2, 0.25) is 0 Å². The van der Waals surface area contributed by atoms with Gasteiger partial charge in [0.15, 0.2) is 17.2 Å². The predicted molar refractivity (Wildman–Crippen MR) is 142 cm³/mol. The Morgan fingerprint density at radius 2 is 1.76 bits per heavy atom. The van der Waals surface area contributed by atoms with Gasteiger partial charge in [-0.1, -0.05) is 30.3 Å². The van der Waals surface area contributed by atoms with E-state index in [1.165, 1.54) is 12.1 Å². The Kier molecular flexibility index (Phi) is 7.00. The maximum absolute atomic E-state index is 14.3. The van der Waals surface area contributed by atoms with Gasteiger partial charge in [-0.2, -0.15) is 5.10 Å². The Morgan fingerprint density at radius 1 is 1.05 bits per heavy atom. The van der Waals surface area contributed by atoms with Crippen LogP contribution in [-0.2, 0) is 12.1 Å². The SMILES string of the molecule is CN1CCN(Cc2ccc(C(=O)Nc3n[nH]c4cc(C(=O)NC(C)(C)c5ccccc5F)oc34)cc2)CC1. The zero-order valence-electron chi connectivity index (χ0n) is 21.7. The average molecular weight is 519 g/mol. The van der Waals surface area contributed by atoms with Crippen molar-refractivity contribution in [3.63, 3.8) is 0 Å². The molecule has 0 unspecified atom stereocenters. The number of H-pyrrole nitrogens is 1. The lowest BCUT2D eigenvalue weighted by molar-refractivity contribution is 0.0884. The molecule has 0 bridgehead atoms. The van der Waals surface area contributed by atoms with E-state index in [4.69, 9.17) is 4.42 Å². The molecular weight excluding hydrogens is 487 g/mol. The molecule has 0 radical (unpaired) electrons. The molecule has 1 aliphatic rings. The van der Waals surface area contributed by atoms with Crippen molar-refractivity contribution in [3.8, 4) is 0 Å². The number of carbonyl (C=O) groups excluding carboxylic acids is 2. The first-order valence-corrected chi connectivity index (χ1v) is 12.6. The molecule has 9 nitrogen and oxygen atoms in total. The van der Waals surface area contributed by atoms with Gasteiger partial charge < -0.3 is 20.0 Å². The van der Waals surface area contributed by atoms with Gasteiger partial charge in [0.1, 0.15) is 11.3 Å². The monoisotopic (exact) mass is 518 g/mol. The Hall–Kier alpha value is -4.02. The summed E-state index contributed by atoms with van der Waals surface area (Å²) in [6.45, 7) is 8.43. The second-order valence-electron chi connectivity index (χ2n) is 10.2. The van der Waals surface area contributed by atoms with Crippen LogP contribution in [0.25, 0.3) is 11.1 Å². The lowest BCUT2D eigenvalue weighted by Crippen LogP contribution is -2.43. The minimum Gasteiger partial charge on any atom is -0.445 e. The number of anilines is 1. The maximum Gasteiger partial charge on any atom is 0.287 e. The number of benzene rings is 2. The summed E-state index contributed by atoms with van der Waals surface area (Å²) in [6.07, 6.45) is 0. The third-order valence-corrected chi connectivity index (χ3v) is 6.88. The van der Waals surface area contributed by atoms with E-state index in [0.717, 1.165) is 38.3 Å². The third kappa shape index (κ3) is 5.46. The Balaban J connectivity index is 1.24. The molecule has 0 spiro atoms. The standard InChI is InChI=1S/C28H31FN6O3/c1-28(2,20-6-4-5-7-21(20)29)31-27(37)23-16-22-24(38-23)25(33-32-22)30-26(36)19-10-8-18(9-11-19)17-35-14-12-34(3)13-15-35/h4-11,16H,12-15,17H2,1-3H3,(H,31,37)(H2,30,32,33,36). The van der Waals surface area contributed by atoms with Crippen LogP contribution in [0, 0.1) is 5.82 Å². The van der Waals surface area contributed by atoms with Crippen LogP contribution in [0.3, 0.4) is 0 Å². The van der Waals surface area contributed by atoms with E-state index in [1.54, 1.807) is 44.2 Å². The van der Waals surface area contributed by atoms with Gasteiger partial charge in [0, 0.05) is 49.9 Å². The van der Waals surface area contributed by atoms with Gasteiger partial charge in [0.05, 0.1) is 5.54 Å². The molecule has 1 aliphatic heterocycles. The normalized spacial score (nSPS) is 15.1. The molecule has 1 saturated heterocycles. The summed E-state index contributed by atoms with van der Waals surface area (Å²) in [7, 11) is 2.13. The minimum absolute atomic E-state index is 0.0156. The summed E-state index contributed by atoms with van der Waals surface area (Å²) < 4.78 is 20.0. The first-order valence-electron chi connectivity index (χ1n) is 12.6. The summed E-state index contributed by atoms with van der Waals surface area (Å²) in [4.78, 5) is 30.5. The number of rotatable bonds is 7.